The van der Waals surface area contributed by atoms with Crippen LogP contribution in [0.4, 0.5) is 5.69 Å². The summed E-state index contributed by atoms with van der Waals surface area (Å²) in [5.74, 6) is 0.265. The average molecular weight is 467 g/mol. The average Bonchev–Trinajstić information content (AvgIpc) is 2.73. The molecule has 1 unspecified atom stereocenters. The van der Waals surface area contributed by atoms with Gasteiger partial charge in [-0.05, 0) is 61.4 Å². The highest BCUT2D eigenvalue weighted by molar-refractivity contribution is 9.10. The standard InChI is InChI=1S/C20H23BrN2O4S/c1-22(17-7-9-18(27-2)10-8-17)20(24)15-4-3-13-23(14-15)28(25,26)19-11-5-16(21)6-12-19/h5-12,15H,3-4,13-14H2,1-2H3. The van der Waals surface area contributed by atoms with Gasteiger partial charge >= 0.3 is 0 Å². The Morgan fingerprint density at radius 1 is 1.14 bits per heavy atom. The van der Waals surface area contributed by atoms with Crippen molar-refractivity contribution in [2.24, 2.45) is 5.92 Å². The second kappa shape index (κ2) is 8.63. The highest BCUT2D eigenvalue weighted by atomic mass is 79.9. The summed E-state index contributed by atoms with van der Waals surface area (Å²) in [4.78, 5) is 14.8. The summed E-state index contributed by atoms with van der Waals surface area (Å²) < 4.78 is 33.3. The zero-order valence-corrected chi connectivity index (χ0v) is 18.2. The van der Waals surface area contributed by atoms with Crippen LogP contribution in [-0.2, 0) is 14.8 Å². The number of carbonyl (C=O) groups excluding carboxylic acids is 1. The quantitative estimate of drug-likeness (QED) is 0.675. The lowest BCUT2D eigenvalue weighted by atomic mass is 9.98. The summed E-state index contributed by atoms with van der Waals surface area (Å²) in [6.07, 6.45) is 1.33. The number of piperidine rings is 1. The lowest BCUT2D eigenvalue weighted by Gasteiger charge is -2.33. The molecule has 1 amide bonds. The first-order chi connectivity index (χ1) is 13.3. The molecule has 0 N–H and O–H groups in total. The Morgan fingerprint density at radius 3 is 2.39 bits per heavy atom. The van der Waals surface area contributed by atoms with Crippen LogP contribution in [0.1, 0.15) is 12.8 Å². The first kappa shape index (κ1) is 20.8. The van der Waals surface area contributed by atoms with Crippen LogP contribution in [0.2, 0.25) is 0 Å². The zero-order valence-electron chi connectivity index (χ0n) is 15.8. The molecule has 3 rings (SSSR count). The Balaban J connectivity index is 1.74. The van der Waals surface area contributed by atoms with Gasteiger partial charge in [0.05, 0.1) is 17.9 Å². The molecule has 1 heterocycles. The van der Waals surface area contributed by atoms with Gasteiger partial charge in [-0.25, -0.2) is 8.42 Å². The summed E-state index contributed by atoms with van der Waals surface area (Å²) in [5.41, 5.74) is 0.749. The molecule has 0 spiro atoms. The first-order valence-electron chi connectivity index (χ1n) is 9.00. The van der Waals surface area contributed by atoms with E-state index in [1.54, 1.807) is 55.5 Å². The zero-order chi connectivity index (χ0) is 20.3. The van der Waals surface area contributed by atoms with Crippen LogP contribution >= 0.6 is 15.9 Å². The summed E-state index contributed by atoms with van der Waals surface area (Å²) >= 11 is 3.32. The van der Waals surface area contributed by atoms with E-state index >= 15 is 0 Å². The molecule has 0 saturated carbocycles. The van der Waals surface area contributed by atoms with E-state index in [0.717, 1.165) is 10.2 Å². The number of sulfonamides is 1. The number of hydrogen-bond acceptors (Lipinski definition) is 4. The van der Waals surface area contributed by atoms with E-state index in [0.29, 0.717) is 25.1 Å². The predicted octanol–water partition coefficient (Wildman–Crippen LogP) is 3.52. The van der Waals surface area contributed by atoms with Crippen LogP contribution in [-0.4, -0.2) is 45.9 Å². The van der Waals surface area contributed by atoms with Crippen molar-refractivity contribution in [3.63, 3.8) is 0 Å². The van der Waals surface area contributed by atoms with Crippen molar-refractivity contribution >= 4 is 37.5 Å². The molecule has 0 bridgehead atoms. The van der Waals surface area contributed by atoms with Crippen LogP contribution in [0.25, 0.3) is 0 Å². The van der Waals surface area contributed by atoms with Crippen LogP contribution in [0.15, 0.2) is 57.9 Å². The fourth-order valence-electron chi connectivity index (χ4n) is 3.32. The van der Waals surface area contributed by atoms with E-state index < -0.39 is 10.0 Å². The molecule has 1 saturated heterocycles. The third-order valence-corrected chi connectivity index (χ3v) is 7.38. The fraction of sp³-hybridized carbons (Fsp3) is 0.350. The molecule has 150 valence electrons. The Morgan fingerprint density at radius 2 is 1.79 bits per heavy atom. The highest BCUT2D eigenvalue weighted by Gasteiger charge is 2.34. The minimum absolute atomic E-state index is 0.0825. The van der Waals surface area contributed by atoms with Gasteiger partial charge in [0, 0.05) is 30.3 Å². The number of benzene rings is 2. The lowest BCUT2D eigenvalue weighted by molar-refractivity contribution is -0.123. The Bertz CT molecular complexity index is 930. The minimum Gasteiger partial charge on any atom is -0.497 e. The van der Waals surface area contributed by atoms with Crippen LogP contribution in [0, 0.1) is 5.92 Å². The fourth-order valence-corrected chi connectivity index (χ4v) is 5.11. The SMILES string of the molecule is COc1ccc(N(C)C(=O)C2CCCN(S(=O)(=O)c3ccc(Br)cc3)C2)cc1. The van der Waals surface area contributed by atoms with Crippen molar-refractivity contribution in [3.05, 3.63) is 53.0 Å². The molecular formula is C20H23BrN2O4S. The molecule has 0 radical (unpaired) electrons. The summed E-state index contributed by atoms with van der Waals surface area (Å²) in [7, 11) is -0.315. The molecule has 1 fully saturated rings. The van der Waals surface area contributed by atoms with Crippen LogP contribution in [0.3, 0.4) is 0 Å². The number of anilines is 1. The monoisotopic (exact) mass is 466 g/mol. The number of nitrogens with zero attached hydrogens (tertiary/aromatic N) is 2. The van der Waals surface area contributed by atoms with Gasteiger partial charge in [0.1, 0.15) is 5.75 Å². The maximum atomic E-state index is 13.0. The molecule has 1 atom stereocenters. The molecule has 6 nitrogen and oxygen atoms in total. The maximum absolute atomic E-state index is 13.0. The van der Waals surface area contributed by atoms with E-state index in [1.807, 2.05) is 12.1 Å². The third kappa shape index (κ3) is 4.39. The molecule has 0 aromatic heterocycles. The number of rotatable bonds is 5. The number of carbonyl (C=O) groups is 1. The van der Waals surface area contributed by atoms with Crippen LogP contribution in [0.5, 0.6) is 5.75 Å². The smallest absolute Gasteiger partial charge is 0.243 e. The Hall–Kier alpha value is -1.90. The molecule has 1 aliphatic heterocycles. The Kier molecular flexibility index (Phi) is 6.42. The number of ether oxygens (including phenoxy) is 1. The van der Waals surface area contributed by atoms with Crippen molar-refractivity contribution in [2.75, 3.05) is 32.1 Å². The number of hydrogen-bond donors (Lipinski definition) is 0. The Labute approximate surface area is 174 Å². The van der Waals surface area contributed by atoms with Gasteiger partial charge in [-0.2, -0.15) is 4.31 Å². The van der Waals surface area contributed by atoms with Gasteiger partial charge in [0.25, 0.3) is 0 Å². The summed E-state index contributed by atoms with van der Waals surface area (Å²) in [6.45, 7) is 0.617. The van der Waals surface area contributed by atoms with Crippen molar-refractivity contribution in [3.8, 4) is 5.75 Å². The molecule has 2 aromatic rings. The van der Waals surface area contributed by atoms with Crippen molar-refractivity contribution < 1.29 is 17.9 Å². The van der Waals surface area contributed by atoms with E-state index in [4.69, 9.17) is 4.74 Å². The third-order valence-electron chi connectivity index (χ3n) is 4.98. The first-order valence-corrected chi connectivity index (χ1v) is 11.2. The van der Waals surface area contributed by atoms with Gasteiger partial charge in [-0.1, -0.05) is 15.9 Å². The van der Waals surface area contributed by atoms with E-state index in [9.17, 15) is 13.2 Å². The molecule has 2 aromatic carbocycles. The van der Waals surface area contributed by atoms with Gasteiger partial charge in [0.15, 0.2) is 0 Å². The number of halogens is 1. The van der Waals surface area contributed by atoms with Crippen molar-refractivity contribution in [2.45, 2.75) is 17.7 Å². The summed E-state index contributed by atoms with van der Waals surface area (Å²) in [5, 5.41) is 0. The number of amides is 1. The topological polar surface area (TPSA) is 66.9 Å². The van der Waals surface area contributed by atoms with Crippen molar-refractivity contribution in [1.82, 2.24) is 4.31 Å². The lowest BCUT2D eigenvalue weighted by Crippen LogP contribution is -2.45. The van der Waals surface area contributed by atoms with Gasteiger partial charge in [0.2, 0.25) is 15.9 Å². The molecule has 1 aliphatic rings. The normalized spacial score (nSPS) is 17.9. The van der Waals surface area contributed by atoms with E-state index in [1.165, 1.54) is 4.31 Å². The largest absolute Gasteiger partial charge is 0.497 e. The highest BCUT2D eigenvalue weighted by Crippen LogP contribution is 2.27. The van der Waals surface area contributed by atoms with Gasteiger partial charge in [-0.15, -0.1) is 0 Å². The van der Waals surface area contributed by atoms with Gasteiger partial charge in [-0.3, -0.25) is 4.79 Å². The second-order valence-corrected chi connectivity index (χ2v) is 9.61. The maximum Gasteiger partial charge on any atom is 0.243 e. The molecule has 8 heteroatoms. The molecular weight excluding hydrogens is 444 g/mol. The van der Waals surface area contributed by atoms with E-state index in [-0.39, 0.29) is 23.3 Å². The second-order valence-electron chi connectivity index (χ2n) is 6.75. The van der Waals surface area contributed by atoms with Crippen molar-refractivity contribution in [1.29, 1.82) is 0 Å². The number of methoxy groups -OCH3 is 1. The minimum atomic E-state index is -3.62. The van der Waals surface area contributed by atoms with Gasteiger partial charge < -0.3 is 9.64 Å². The molecule has 0 aliphatic carbocycles. The molecule has 28 heavy (non-hydrogen) atoms. The summed E-state index contributed by atoms with van der Waals surface area (Å²) in [6, 6.07) is 13.8. The van der Waals surface area contributed by atoms with E-state index in [2.05, 4.69) is 15.9 Å². The van der Waals surface area contributed by atoms with Crippen LogP contribution < -0.4 is 9.64 Å². The predicted molar refractivity (Wildman–Crippen MR) is 112 cm³/mol.